The van der Waals surface area contributed by atoms with Crippen molar-refractivity contribution in [3.05, 3.63) is 50.8 Å². The first-order valence-corrected chi connectivity index (χ1v) is 6.83. The third-order valence-electron chi connectivity index (χ3n) is 3.57. The molecule has 0 fully saturated rings. The average Bonchev–Trinajstić information content (AvgIpc) is 2.81. The normalized spacial score (nSPS) is 11.7. The Balaban J connectivity index is 2.34. The molecule has 21 heavy (non-hydrogen) atoms. The minimum Gasteiger partial charge on any atom is -0.390 e. The van der Waals surface area contributed by atoms with Gasteiger partial charge >= 0.3 is 5.95 Å². The molecular weight excluding hydrogens is 268 g/mol. The molecule has 2 aromatic rings. The zero-order chi connectivity index (χ0) is 15.8. The van der Waals surface area contributed by atoms with Crippen molar-refractivity contribution < 1.29 is 4.92 Å². The van der Waals surface area contributed by atoms with E-state index in [-0.39, 0.29) is 11.4 Å². The first kappa shape index (κ1) is 15.2. The Bertz CT molecular complexity index is 660. The smallest absolute Gasteiger partial charge is 0.390 e. The largest absolute Gasteiger partial charge is 0.490 e. The summed E-state index contributed by atoms with van der Waals surface area (Å²) in [5, 5.41) is 14.5. The van der Waals surface area contributed by atoms with Gasteiger partial charge in [-0.3, -0.25) is 0 Å². The van der Waals surface area contributed by atoms with E-state index < -0.39 is 4.92 Å². The highest BCUT2D eigenvalue weighted by Gasteiger charge is 2.18. The Morgan fingerprint density at radius 3 is 2.24 bits per heavy atom. The molecule has 0 saturated carbocycles. The van der Waals surface area contributed by atoms with E-state index in [1.54, 1.807) is 0 Å². The van der Waals surface area contributed by atoms with Crippen molar-refractivity contribution in [3.8, 4) is 0 Å². The van der Waals surface area contributed by atoms with Gasteiger partial charge in [-0.1, -0.05) is 37.9 Å². The highest BCUT2D eigenvalue weighted by atomic mass is 16.6. The fraction of sp³-hybridized carbons (Fsp3) is 0.467. The number of nitro groups is 1. The molecule has 2 rings (SSSR count). The van der Waals surface area contributed by atoms with E-state index in [0.717, 1.165) is 16.7 Å². The second-order valence-electron chi connectivity index (χ2n) is 6.34. The minimum absolute atomic E-state index is 0.0973. The van der Waals surface area contributed by atoms with Gasteiger partial charge in [0.2, 0.25) is 6.33 Å². The summed E-state index contributed by atoms with van der Waals surface area (Å²) in [5.74, 6) is -0.364. The van der Waals surface area contributed by atoms with Crippen LogP contribution in [0.15, 0.2) is 18.5 Å². The molecule has 0 unspecified atom stereocenters. The van der Waals surface area contributed by atoms with Gasteiger partial charge in [0.05, 0.1) is 6.54 Å². The van der Waals surface area contributed by atoms with Crippen LogP contribution >= 0.6 is 0 Å². The van der Waals surface area contributed by atoms with Crippen LogP contribution in [0.2, 0.25) is 0 Å². The fourth-order valence-corrected chi connectivity index (χ4v) is 2.28. The van der Waals surface area contributed by atoms with E-state index in [9.17, 15) is 10.1 Å². The molecule has 0 atom stereocenters. The summed E-state index contributed by atoms with van der Waals surface area (Å²) in [4.78, 5) is 13.7. The van der Waals surface area contributed by atoms with Gasteiger partial charge in [0.1, 0.15) is 0 Å². The maximum Gasteiger partial charge on any atom is 0.490 e. The number of aryl methyl sites for hydroxylation is 2. The number of hydrogen-bond donors (Lipinski definition) is 0. The Labute approximate surface area is 124 Å². The van der Waals surface area contributed by atoms with Crippen LogP contribution in [-0.4, -0.2) is 19.7 Å². The second kappa shape index (κ2) is 5.27. The zero-order valence-corrected chi connectivity index (χ0v) is 13.0. The van der Waals surface area contributed by atoms with Crippen LogP contribution in [0.5, 0.6) is 0 Å². The van der Waals surface area contributed by atoms with E-state index in [4.69, 9.17) is 0 Å². The van der Waals surface area contributed by atoms with Crippen molar-refractivity contribution in [1.82, 2.24) is 14.8 Å². The molecule has 0 radical (unpaired) electrons. The number of aromatic nitrogens is 3. The molecule has 0 aliphatic rings. The fourth-order valence-electron chi connectivity index (χ4n) is 2.28. The maximum atomic E-state index is 10.6. The number of rotatable bonds is 3. The molecule has 0 aliphatic heterocycles. The van der Waals surface area contributed by atoms with Crippen LogP contribution in [0.1, 0.15) is 43.0 Å². The lowest BCUT2D eigenvalue weighted by Crippen LogP contribution is -2.13. The molecular formula is C15H20N4O2. The maximum absolute atomic E-state index is 10.6. The summed E-state index contributed by atoms with van der Waals surface area (Å²) < 4.78 is 1.50. The number of benzene rings is 1. The Hall–Kier alpha value is -2.24. The molecule has 0 N–H and O–H groups in total. The van der Waals surface area contributed by atoms with Gasteiger partial charge in [0.25, 0.3) is 0 Å². The van der Waals surface area contributed by atoms with Crippen molar-refractivity contribution in [2.45, 2.75) is 46.6 Å². The van der Waals surface area contributed by atoms with Crippen LogP contribution in [-0.2, 0) is 12.0 Å². The van der Waals surface area contributed by atoms with Gasteiger partial charge in [-0.15, -0.1) is 0 Å². The van der Waals surface area contributed by atoms with Gasteiger partial charge in [-0.25, -0.2) is 0 Å². The third kappa shape index (κ3) is 3.26. The van der Waals surface area contributed by atoms with Crippen molar-refractivity contribution >= 4 is 5.95 Å². The van der Waals surface area contributed by atoms with Crippen LogP contribution in [0, 0.1) is 24.0 Å². The monoisotopic (exact) mass is 288 g/mol. The highest BCUT2D eigenvalue weighted by Crippen LogP contribution is 2.27. The Morgan fingerprint density at radius 2 is 1.81 bits per heavy atom. The molecule has 1 aromatic heterocycles. The lowest BCUT2D eigenvalue weighted by atomic mass is 9.84. The summed E-state index contributed by atoms with van der Waals surface area (Å²) in [7, 11) is 0. The van der Waals surface area contributed by atoms with E-state index in [2.05, 4.69) is 56.8 Å². The molecule has 0 amide bonds. The third-order valence-corrected chi connectivity index (χ3v) is 3.57. The zero-order valence-electron chi connectivity index (χ0n) is 13.0. The van der Waals surface area contributed by atoms with Gasteiger partial charge in [0, 0.05) is 5.10 Å². The van der Waals surface area contributed by atoms with E-state index >= 15 is 0 Å². The summed E-state index contributed by atoms with van der Waals surface area (Å²) in [6.45, 7) is 11.2. The first-order chi connectivity index (χ1) is 9.68. The van der Waals surface area contributed by atoms with Gasteiger partial charge < -0.3 is 10.1 Å². The van der Waals surface area contributed by atoms with Crippen LogP contribution < -0.4 is 0 Å². The molecule has 0 spiro atoms. The lowest BCUT2D eigenvalue weighted by molar-refractivity contribution is -0.394. The predicted octanol–water partition coefficient (Wildman–Crippen LogP) is 3.15. The quantitative estimate of drug-likeness (QED) is 0.642. The summed E-state index contributed by atoms with van der Waals surface area (Å²) >= 11 is 0. The Morgan fingerprint density at radius 1 is 1.24 bits per heavy atom. The molecule has 0 aliphatic carbocycles. The van der Waals surface area contributed by atoms with E-state index in [1.807, 2.05) is 0 Å². The topological polar surface area (TPSA) is 73.8 Å². The minimum atomic E-state index is -0.584. The molecule has 112 valence electrons. The number of hydrogen-bond acceptors (Lipinski definition) is 4. The van der Waals surface area contributed by atoms with Crippen molar-refractivity contribution in [2.75, 3.05) is 0 Å². The SMILES string of the molecule is Cc1cc(C(C)(C)C)cc(C)c1Cn1cnc([N+](=O)[O-])n1. The lowest BCUT2D eigenvalue weighted by Gasteiger charge is -2.22. The van der Waals surface area contributed by atoms with E-state index in [1.165, 1.54) is 16.6 Å². The van der Waals surface area contributed by atoms with Crippen molar-refractivity contribution in [1.29, 1.82) is 0 Å². The van der Waals surface area contributed by atoms with Gasteiger partial charge in [-0.05, 0) is 46.4 Å². The molecule has 1 heterocycles. The Kier molecular flexibility index (Phi) is 3.80. The molecule has 6 heteroatoms. The van der Waals surface area contributed by atoms with Crippen LogP contribution in [0.25, 0.3) is 0 Å². The van der Waals surface area contributed by atoms with E-state index in [0.29, 0.717) is 6.54 Å². The van der Waals surface area contributed by atoms with Gasteiger partial charge in [-0.2, -0.15) is 4.68 Å². The second-order valence-corrected chi connectivity index (χ2v) is 6.34. The molecule has 6 nitrogen and oxygen atoms in total. The summed E-state index contributed by atoms with van der Waals surface area (Å²) in [6, 6.07) is 4.35. The average molecular weight is 288 g/mol. The van der Waals surface area contributed by atoms with Crippen molar-refractivity contribution in [2.24, 2.45) is 0 Å². The molecule has 0 bridgehead atoms. The molecule has 0 saturated heterocycles. The summed E-state index contributed by atoms with van der Waals surface area (Å²) in [6.07, 6.45) is 1.40. The highest BCUT2D eigenvalue weighted by molar-refractivity contribution is 5.40. The van der Waals surface area contributed by atoms with Gasteiger partial charge in [0.15, 0.2) is 0 Å². The van der Waals surface area contributed by atoms with Crippen LogP contribution in [0.3, 0.4) is 0 Å². The van der Waals surface area contributed by atoms with Crippen molar-refractivity contribution in [3.63, 3.8) is 0 Å². The van der Waals surface area contributed by atoms with Crippen LogP contribution in [0.4, 0.5) is 5.95 Å². The first-order valence-electron chi connectivity index (χ1n) is 6.83. The summed E-state index contributed by atoms with van der Waals surface area (Å²) in [5.41, 5.74) is 4.84. The predicted molar refractivity (Wildman–Crippen MR) is 80.4 cm³/mol. The standard InChI is InChI=1S/C15H20N4O2/c1-10-6-12(15(3,4)5)7-11(2)13(10)8-18-9-16-14(17-18)19(20)21/h6-7,9H,8H2,1-5H3. The molecule has 1 aromatic carbocycles. The number of nitrogens with zero attached hydrogens (tertiary/aromatic N) is 4.